The number of hydrogen-bond donors (Lipinski definition) is 0. The minimum absolute atomic E-state index is 0.188. The van der Waals surface area contributed by atoms with E-state index in [2.05, 4.69) is 64.3 Å². The SMILES string of the molecule is CSc1nc(SCCc2ccccc2)c2sc3nc(C(C)C)c4c(c3c2n1)CC(C)(C)OC4. The second kappa shape index (κ2) is 9.17. The Morgan fingerprint density at radius 2 is 1.88 bits per heavy atom. The van der Waals surface area contributed by atoms with Crippen LogP contribution in [0.2, 0.25) is 0 Å². The van der Waals surface area contributed by atoms with Crippen LogP contribution in [0.1, 0.15) is 56.0 Å². The lowest BCUT2D eigenvalue weighted by Gasteiger charge is -2.33. The van der Waals surface area contributed by atoms with Gasteiger partial charge in [-0.05, 0) is 43.6 Å². The standard InChI is InChI=1S/C26H29N3OS3/c1-15(2)20-18-14-30-26(3,4)13-17(18)19-21-22(33-23(19)27-20)24(29-25(28-21)31-5)32-12-11-16-9-7-6-8-10-16/h6-10,15H,11-14H2,1-5H3. The largest absolute Gasteiger partial charge is 0.370 e. The quantitative estimate of drug-likeness (QED) is 0.159. The van der Waals surface area contributed by atoms with Crippen molar-refractivity contribution in [3.63, 3.8) is 0 Å². The number of aryl methyl sites for hydroxylation is 1. The molecule has 0 spiro atoms. The van der Waals surface area contributed by atoms with Gasteiger partial charge in [-0.1, -0.05) is 55.9 Å². The van der Waals surface area contributed by atoms with Crippen molar-refractivity contribution in [1.29, 1.82) is 0 Å². The molecule has 0 saturated heterocycles. The van der Waals surface area contributed by atoms with Gasteiger partial charge >= 0.3 is 0 Å². The summed E-state index contributed by atoms with van der Waals surface area (Å²) in [6.07, 6.45) is 3.95. The number of fused-ring (bicyclic) bond motifs is 5. The molecule has 4 nitrogen and oxygen atoms in total. The first-order valence-corrected chi connectivity index (χ1v) is 14.4. The maximum absolute atomic E-state index is 6.21. The third-order valence-corrected chi connectivity index (χ3v) is 8.81. The lowest BCUT2D eigenvalue weighted by Crippen LogP contribution is -2.32. The number of thioether (sulfide) groups is 2. The summed E-state index contributed by atoms with van der Waals surface area (Å²) in [6, 6.07) is 10.7. The first kappa shape index (κ1) is 23.1. The number of rotatable bonds is 6. The minimum Gasteiger partial charge on any atom is -0.370 e. The Bertz CT molecular complexity index is 1320. The molecular weight excluding hydrogens is 467 g/mol. The molecule has 1 aromatic carbocycles. The highest BCUT2D eigenvalue weighted by atomic mass is 32.2. The lowest BCUT2D eigenvalue weighted by molar-refractivity contribution is -0.0402. The number of pyridine rings is 1. The highest BCUT2D eigenvalue weighted by Crippen LogP contribution is 2.44. The molecule has 3 aromatic heterocycles. The lowest BCUT2D eigenvalue weighted by atomic mass is 9.87. The smallest absolute Gasteiger partial charge is 0.189 e. The first-order chi connectivity index (χ1) is 15.9. The summed E-state index contributed by atoms with van der Waals surface area (Å²) in [6.45, 7) is 9.42. The second-order valence-electron chi connectivity index (χ2n) is 9.39. The number of ether oxygens (including phenoxy) is 1. The van der Waals surface area contributed by atoms with Gasteiger partial charge in [0.05, 0.1) is 28.1 Å². The van der Waals surface area contributed by atoms with E-state index in [1.165, 1.54) is 26.8 Å². The van der Waals surface area contributed by atoms with E-state index in [1.807, 2.05) is 11.8 Å². The summed E-state index contributed by atoms with van der Waals surface area (Å²) >= 11 is 5.19. The van der Waals surface area contributed by atoms with Crippen LogP contribution >= 0.6 is 34.9 Å². The van der Waals surface area contributed by atoms with Crippen LogP contribution in [0.3, 0.4) is 0 Å². The molecule has 4 heterocycles. The summed E-state index contributed by atoms with van der Waals surface area (Å²) < 4.78 is 7.37. The average molecular weight is 496 g/mol. The molecule has 5 rings (SSSR count). The van der Waals surface area contributed by atoms with Crippen LogP contribution in [-0.4, -0.2) is 32.6 Å². The number of aromatic nitrogens is 3. The molecule has 0 atom stereocenters. The molecule has 0 N–H and O–H groups in total. The number of benzene rings is 1. The maximum Gasteiger partial charge on any atom is 0.189 e. The zero-order valence-corrected chi connectivity index (χ0v) is 22.2. The fourth-order valence-corrected chi connectivity index (χ4v) is 7.10. The summed E-state index contributed by atoms with van der Waals surface area (Å²) in [7, 11) is 0. The normalized spacial score (nSPS) is 15.5. The summed E-state index contributed by atoms with van der Waals surface area (Å²) in [5, 5.41) is 3.13. The molecule has 0 unspecified atom stereocenters. The van der Waals surface area contributed by atoms with Crippen LogP contribution < -0.4 is 0 Å². The molecule has 0 bridgehead atoms. The monoisotopic (exact) mass is 495 g/mol. The van der Waals surface area contributed by atoms with Gasteiger partial charge in [0.25, 0.3) is 0 Å². The Labute approximate surface area is 208 Å². The summed E-state index contributed by atoms with van der Waals surface area (Å²) in [4.78, 5) is 16.2. The molecular formula is C26H29N3OS3. The summed E-state index contributed by atoms with van der Waals surface area (Å²) in [5.41, 5.74) is 6.03. The van der Waals surface area contributed by atoms with Gasteiger partial charge in [-0.2, -0.15) is 0 Å². The van der Waals surface area contributed by atoms with Gasteiger partial charge in [-0.25, -0.2) is 15.0 Å². The van der Waals surface area contributed by atoms with E-state index >= 15 is 0 Å². The zero-order valence-electron chi connectivity index (χ0n) is 19.8. The molecule has 4 aromatic rings. The van der Waals surface area contributed by atoms with Gasteiger partial charge in [-0.15, -0.1) is 23.1 Å². The van der Waals surface area contributed by atoms with Crippen molar-refractivity contribution in [3.05, 3.63) is 52.7 Å². The number of thiophene rings is 1. The van der Waals surface area contributed by atoms with Crippen molar-refractivity contribution >= 4 is 55.3 Å². The van der Waals surface area contributed by atoms with E-state index in [0.29, 0.717) is 12.5 Å². The fourth-order valence-electron chi connectivity index (χ4n) is 4.43. The number of nitrogens with zero attached hydrogens (tertiary/aromatic N) is 3. The predicted molar refractivity (Wildman–Crippen MR) is 142 cm³/mol. The number of hydrogen-bond acceptors (Lipinski definition) is 7. The Morgan fingerprint density at radius 3 is 2.61 bits per heavy atom. The van der Waals surface area contributed by atoms with Crippen molar-refractivity contribution in [2.24, 2.45) is 0 Å². The van der Waals surface area contributed by atoms with Crippen molar-refractivity contribution in [2.45, 2.75) is 68.8 Å². The van der Waals surface area contributed by atoms with Gasteiger partial charge in [0.1, 0.15) is 9.86 Å². The molecule has 33 heavy (non-hydrogen) atoms. The van der Waals surface area contributed by atoms with Crippen molar-refractivity contribution in [1.82, 2.24) is 15.0 Å². The van der Waals surface area contributed by atoms with E-state index in [0.717, 1.165) is 44.8 Å². The second-order valence-corrected chi connectivity index (χ2v) is 12.2. The summed E-state index contributed by atoms with van der Waals surface area (Å²) in [5.74, 6) is 1.34. The molecule has 1 aliphatic rings. The zero-order chi connectivity index (χ0) is 23.2. The van der Waals surface area contributed by atoms with Crippen LogP contribution in [0, 0.1) is 0 Å². The average Bonchev–Trinajstić information content (AvgIpc) is 3.17. The molecule has 172 valence electrons. The molecule has 0 saturated carbocycles. The van der Waals surface area contributed by atoms with Crippen molar-refractivity contribution in [2.75, 3.05) is 12.0 Å². The molecule has 0 fully saturated rings. The van der Waals surface area contributed by atoms with Crippen LogP contribution in [0.25, 0.3) is 20.4 Å². The molecule has 0 radical (unpaired) electrons. The predicted octanol–water partition coefficient (Wildman–Crippen LogP) is 7.27. The van der Waals surface area contributed by atoms with Gasteiger partial charge in [-0.3, -0.25) is 0 Å². The van der Waals surface area contributed by atoms with Crippen molar-refractivity contribution in [3.8, 4) is 0 Å². The molecule has 7 heteroatoms. The Kier molecular flexibility index (Phi) is 6.42. The molecule has 0 aliphatic carbocycles. The Hall–Kier alpha value is -1.67. The van der Waals surface area contributed by atoms with E-state index < -0.39 is 0 Å². The third kappa shape index (κ3) is 4.53. The first-order valence-electron chi connectivity index (χ1n) is 11.4. The third-order valence-electron chi connectivity index (χ3n) is 6.07. The minimum atomic E-state index is -0.188. The van der Waals surface area contributed by atoms with E-state index in [9.17, 15) is 0 Å². The van der Waals surface area contributed by atoms with E-state index in [-0.39, 0.29) is 5.60 Å². The Morgan fingerprint density at radius 1 is 1.09 bits per heavy atom. The van der Waals surface area contributed by atoms with E-state index in [4.69, 9.17) is 19.7 Å². The van der Waals surface area contributed by atoms with Gasteiger partial charge in [0.15, 0.2) is 5.16 Å². The highest BCUT2D eigenvalue weighted by molar-refractivity contribution is 7.99. The van der Waals surface area contributed by atoms with Crippen LogP contribution in [0.4, 0.5) is 0 Å². The molecule has 0 amide bonds. The van der Waals surface area contributed by atoms with Crippen LogP contribution in [0.15, 0.2) is 40.5 Å². The fraction of sp³-hybridized carbons (Fsp3) is 0.423. The van der Waals surface area contributed by atoms with Crippen LogP contribution in [0.5, 0.6) is 0 Å². The molecule has 1 aliphatic heterocycles. The topological polar surface area (TPSA) is 47.9 Å². The van der Waals surface area contributed by atoms with Crippen LogP contribution in [-0.2, 0) is 24.2 Å². The maximum atomic E-state index is 6.21. The Balaban J connectivity index is 1.65. The van der Waals surface area contributed by atoms with Crippen molar-refractivity contribution < 1.29 is 4.74 Å². The van der Waals surface area contributed by atoms with Gasteiger partial charge < -0.3 is 4.74 Å². The van der Waals surface area contributed by atoms with E-state index in [1.54, 1.807) is 23.1 Å². The van der Waals surface area contributed by atoms with Gasteiger partial charge in [0, 0.05) is 23.1 Å². The van der Waals surface area contributed by atoms with Gasteiger partial charge in [0.2, 0.25) is 0 Å². The highest BCUT2D eigenvalue weighted by Gasteiger charge is 2.32.